The molecule has 0 spiro atoms. The molecule has 1 unspecified atom stereocenters. The minimum atomic E-state index is -0.248. The third-order valence-electron chi connectivity index (χ3n) is 5.53. The van der Waals surface area contributed by atoms with Crippen molar-refractivity contribution >= 4 is 29.1 Å². The normalized spacial score (nSPS) is 16.8. The largest absolute Gasteiger partial charge is 0.374 e. The predicted octanol–water partition coefficient (Wildman–Crippen LogP) is 4.18. The molecule has 0 radical (unpaired) electrons. The lowest BCUT2D eigenvalue weighted by atomic mass is 10.2. The van der Waals surface area contributed by atoms with Crippen LogP contribution in [0.15, 0.2) is 54.6 Å². The Morgan fingerprint density at radius 2 is 1.88 bits per heavy atom. The number of benzene rings is 2. The van der Waals surface area contributed by atoms with Gasteiger partial charge in [-0.2, -0.15) is 5.10 Å². The average molecular weight is 473 g/mol. The van der Waals surface area contributed by atoms with Crippen molar-refractivity contribution in [1.29, 1.82) is 0 Å². The summed E-state index contributed by atoms with van der Waals surface area (Å²) in [5, 5.41) is 8.35. The maximum absolute atomic E-state index is 12.9. The van der Waals surface area contributed by atoms with Gasteiger partial charge in [0.2, 0.25) is 0 Å². The highest BCUT2D eigenvalue weighted by molar-refractivity contribution is 6.33. The lowest BCUT2D eigenvalue weighted by Gasteiger charge is -2.33. The van der Waals surface area contributed by atoms with Crippen molar-refractivity contribution in [3.8, 4) is 0 Å². The van der Waals surface area contributed by atoms with Gasteiger partial charge in [-0.1, -0.05) is 71.7 Å². The van der Waals surface area contributed by atoms with Crippen LogP contribution in [-0.2, 0) is 17.8 Å². The van der Waals surface area contributed by atoms with Crippen molar-refractivity contribution in [2.24, 2.45) is 0 Å². The Hall–Kier alpha value is -2.38. The van der Waals surface area contributed by atoms with Gasteiger partial charge in [-0.25, -0.2) is 4.68 Å². The second kappa shape index (κ2) is 10.5. The molecule has 3 aromatic rings. The minimum absolute atomic E-state index is 0.0753. The lowest BCUT2D eigenvalue weighted by molar-refractivity contribution is -0.0292. The van der Waals surface area contributed by atoms with E-state index in [1.54, 1.807) is 11.6 Å². The predicted molar refractivity (Wildman–Crippen MR) is 126 cm³/mol. The van der Waals surface area contributed by atoms with E-state index in [0.717, 1.165) is 25.2 Å². The van der Waals surface area contributed by atoms with Crippen LogP contribution in [-0.4, -0.2) is 52.9 Å². The van der Waals surface area contributed by atoms with Gasteiger partial charge in [-0.05, 0) is 24.1 Å². The average Bonchev–Trinajstić information content (AvgIpc) is 3.07. The van der Waals surface area contributed by atoms with Gasteiger partial charge in [0.1, 0.15) is 5.15 Å². The summed E-state index contributed by atoms with van der Waals surface area (Å²) in [6.07, 6.45) is -0.0753. The summed E-state index contributed by atoms with van der Waals surface area (Å²) >= 11 is 12.8. The Balaban J connectivity index is 1.36. The van der Waals surface area contributed by atoms with Crippen LogP contribution < -0.4 is 5.32 Å². The molecule has 6 nitrogen and oxygen atoms in total. The Kier molecular flexibility index (Phi) is 7.48. The minimum Gasteiger partial charge on any atom is -0.374 e. The van der Waals surface area contributed by atoms with Crippen LogP contribution in [0.5, 0.6) is 0 Å². The van der Waals surface area contributed by atoms with Gasteiger partial charge in [0.15, 0.2) is 0 Å². The first-order valence-corrected chi connectivity index (χ1v) is 11.4. The molecule has 8 heteroatoms. The van der Waals surface area contributed by atoms with E-state index in [9.17, 15) is 4.79 Å². The van der Waals surface area contributed by atoms with Crippen LogP contribution in [0, 0.1) is 6.92 Å². The highest BCUT2D eigenvalue weighted by Crippen LogP contribution is 2.23. The van der Waals surface area contributed by atoms with Gasteiger partial charge in [0, 0.05) is 31.2 Å². The van der Waals surface area contributed by atoms with E-state index in [0.29, 0.717) is 41.1 Å². The molecule has 0 saturated carbocycles. The highest BCUT2D eigenvalue weighted by Gasteiger charge is 2.24. The molecule has 1 amide bonds. The molecule has 1 fully saturated rings. The van der Waals surface area contributed by atoms with Crippen molar-refractivity contribution in [3.05, 3.63) is 87.2 Å². The molecule has 2 heterocycles. The maximum Gasteiger partial charge on any atom is 0.256 e. The van der Waals surface area contributed by atoms with E-state index in [1.807, 2.05) is 42.5 Å². The Morgan fingerprint density at radius 1 is 1.12 bits per heavy atom. The lowest BCUT2D eigenvalue weighted by Crippen LogP contribution is -2.47. The number of nitrogens with zero attached hydrogens (tertiary/aromatic N) is 3. The van der Waals surface area contributed by atoms with E-state index >= 15 is 0 Å². The second-order valence-corrected chi connectivity index (χ2v) is 8.69. The first kappa shape index (κ1) is 22.8. The van der Waals surface area contributed by atoms with Gasteiger partial charge < -0.3 is 10.1 Å². The standard InChI is InChI=1S/C24H26Cl2N4O2/c1-17-22(23(26)30(28-17)15-19-9-5-6-10-21(19)25)24(31)27-13-20-16-29(11-12-32-20)14-18-7-3-2-4-8-18/h2-10,20H,11-16H2,1H3,(H,27,31). The quantitative estimate of drug-likeness (QED) is 0.560. The van der Waals surface area contributed by atoms with Gasteiger partial charge >= 0.3 is 0 Å². The van der Waals surface area contributed by atoms with Crippen molar-refractivity contribution < 1.29 is 9.53 Å². The number of nitrogens with one attached hydrogen (secondary N) is 1. The molecule has 4 rings (SSSR count). The molecule has 2 aromatic carbocycles. The van der Waals surface area contributed by atoms with Gasteiger partial charge in [0.25, 0.3) is 5.91 Å². The number of halogens is 2. The number of morpholine rings is 1. The molecule has 0 bridgehead atoms. The fourth-order valence-electron chi connectivity index (χ4n) is 3.89. The third-order valence-corrected chi connectivity index (χ3v) is 6.29. The third kappa shape index (κ3) is 5.51. The molecule has 32 heavy (non-hydrogen) atoms. The second-order valence-electron chi connectivity index (χ2n) is 7.92. The van der Waals surface area contributed by atoms with Crippen LogP contribution in [0.25, 0.3) is 0 Å². The van der Waals surface area contributed by atoms with E-state index in [-0.39, 0.29) is 12.0 Å². The van der Waals surface area contributed by atoms with Crippen molar-refractivity contribution in [2.75, 3.05) is 26.2 Å². The van der Waals surface area contributed by atoms with E-state index in [2.05, 4.69) is 27.4 Å². The number of carbonyl (C=O) groups is 1. The first-order chi connectivity index (χ1) is 15.5. The fraction of sp³-hybridized carbons (Fsp3) is 0.333. The molecular weight excluding hydrogens is 447 g/mol. The number of hydrogen-bond donors (Lipinski definition) is 1. The number of rotatable bonds is 7. The Bertz CT molecular complexity index is 1070. The number of aromatic nitrogens is 2. The summed E-state index contributed by atoms with van der Waals surface area (Å²) in [6.45, 7) is 5.73. The van der Waals surface area contributed by atoms with Crippen LogP contribution >= 0.6 is 23.2 Å². The molecule has 168 valence electrons. The summed E-state index contributed by atoms with van der Waals surface area (Å²) in [5.41, 5.74) is 3.12. The van der Waals surface area contributed by atoms with E-state index in [4.69, 9.17) is 27.9 Å². The molecule has 0 aliphatic carbocycles. The van der Waals surface area contributed by atoms with Crippen molar-refractivity contribution in [2.45, 2.75) is 26.1 Å². The molecule has 1 N–H and O–H groups in total. The maximum atomic E-state index is 12.9. The molecule has 1 saturated heterocycles. The van der Waals surface area contributed by atoms with E-state index in [1.165, 1.54) is 5.56 Å². The summed E-state index contributed by atoms with van der Waals surface area (Å²) < 4.78 is 7.47. The number of hydrogen-bond acceptors (Lipinski definition) is 4. The van der Waals surface area contributed by atoms with Crippen LogP contribution in [0.4, 0.5) is 0 Å². The van der Waals surface area contributed by atoms with Crippen molar-refractivity contribution in [1.82, 2.24) is 20.0 Å². The number of aryl methyl sites for hydroxylation is 1. The number of carbonyl (C=O) groups excluding carboxylic acids is 1. The van der Waals surface area contributed by atoms with Crippen LogP contribution in [0.1, 0.15) is 27.2 Å². The fourth-order valence-corrected chi connectivity index (χ4v) is 4.40. The van der Waals surface area contributed by atoms with Gasteiger partial charge in [-0.15, -0.1) is 0 Å². The summed E-state index contributed by atoms with van der Waals surface area (Å²) in [4.78, 5) is 15.2. The zero-order chi connectivity index (χ0) is 22.5. The molecular formula is C24H26Cl2N4O2. The zero-order valence-corrected chi connectivity index (χ0v) is 19.4. The van der Waals surface area contributed by atoms with Crippen molar-refractivity contribution in [3.63, 3.8) is 0 Å². The van der Waals surface area contributed by atoms with Gasteiger partial charge in [0.05, 0.1) is 30.5 Å². The number of amides is 1. The zero-order valence-electron chi connectivity index (χ0n) is 17.9. The summed E-state index contributed by atoms with van der Waals surface area (Å²) in [5.74, 6) is -0.248. The Morgan fingerprint density at radius 3 is 2.66 bits per heavy atom. The highest BCUT2D eigenvalue weighted by atomic mass is 35.5. The molecule has 1 aliphatic rings. The van der Waals surface area contributed by atoms with Crippen LogP contribution in [0.2, 0.25) is 10.2 Å². The first-order valence-electron chi connectivity index (χ1n) is 10.6. The molecule has 1 atom stereocenters. The number of ether oxygens (including phenoxy) is 1. The smallest absolute Gasteiger partial charge is 0.256 e. The molecule has 1 aliphatic heterocycles. The SMILES string of the molecule is Cc1nn(Cc2ccccc2Cl)c(Cl)c1C(=O)NCC1CN(Cc2ccccc2)CCO1. The van der Waals surface area contributed by atoms with Crippen LogP contribution in [0.3, 0.4) is 0 Å². The molecule has 1 aromatic heterocycles. The van der Waals surface area contributed by atoms with Gasteiger partial charge in [-0.3, -0.25) is 9.69 Å². The van der Waals surface area contributed by atoms with E-state index < -0.39 is 0 Å². The Labute approximate surface area is 198 Å². The summed E-state index contributed by atoms with van der Waals surface area (Å²) in [7, 11) is 0. The summed E-state index contributed by atoms with van der Waals surface area (Å²) in [6, 6.07) is 17.9. The monoisotopic (exact) mass is 472 g/mol. The topological polar surface area (TPSA) is 59.4 Å².